The Balaban J connectivity index is 2.01. The molecular formula is C27H32O6S. The fraction of sp³-hybridized carbons (Fsp3) is 0.407. The van der Waals surface area contributed by atoms with Gasteiger partial charge in [0.05, 0.1) is 60.5 Å². The molecule has 1 aliphatic rings. The standard InChI is InChI=1S/C27H32O6S/c1-16(2)32-20-12-7-10-18(28-5)22(20)26-24-25(31-15-9-14-30-24)27(34-26)23-19(29-6)11-8-13-21(23)33-17(3)4/h7-8,10-13,16-17H,9,14-15H2,1-6H3. The van der Waals surface area contributed by atoms with Crippen LogP contribution in [-0.2, 0) is 0 Å². The van der Waals surface area contributed by atoms with E-state index in [0.29, 0.717) is 36.2 Å². The lowest BCUT2D eigenvalue weighted by Gasteiger charge is -2.17. The maximum atomic E-state index is 6.28. The van der Waals surface area contributed by atoms with Crippen molar-refractivity contribution < 1.29 is 28.4 Å². The summed E-state index contributed by atoms with van der Waals surface area (Å²) in [6, 6.07) is 11.6. The molecule has 0 atom stereocenters. The molecule has 0 N–H and O–H groups in total. The highest BCUT2D eigenvalue weighted by atomic mass is 32.1. The SMILES string of the molecule is COc1cccc(OC(C)C)c1-c1sc(-c2c(OC)cccc2OC(C)C)c2c1OCCCO2. The molecule has 34 heavy (non-hydrogen) atoms. The summed E-state index contributed by atoms with van der Waals surface area (Å²) < 4.78 is 36.5. The molecule has 0 amide bonds. The van der Waals surface area contributed by atoms with Gasteiger partial charge in [-0.3, -0.25) is 0 Å². The van der Waals surface area contributed by atoms with E-state index in [4.69, 9.17) is 28.4 Å². The minimum Gasteiger partial charge on any atom is -0.496 e. The van der Waals surface area contributed by atoms with Gasteiger partial charge in [0, 0.05) is 6.42 Å². The lowest BCUT2D eigenvalue weighted by atomic mass is 10.1. The predicted molar refractivity (Wildman–Crippen MR) is 135 cm³/mol. The predicted octanol–water partition coefficient (Wildman–Crippen LogP) is 6.84. The Morgan fingerprint density at radius 3 is 1.47 bits per heavy atom. The molecule has 0 radical (unpaired) electrons. The average molecular weight is 485 g/mol. The summed E-state index contributed by atoms with van der Waals surface area (Å²) >= 11 is 1.56. The van der Waals surface area contributed by atoms with Crippen LogP contribution in [0, 0.1) is 0 Å². The molecule has 6 nitrogen and oxygen atoms in total. The zero-order valence-corrected chi connectivity index (χ0v) is 21.4. The van der Waals surface area contributed by atoms with Crippen molar-refractivity contribution in [1.82, 2.24) is 0 Å². The van der Waals surface area contributed by atoms with E-state index < -0.39 is 0 Å². The molecule has 1 aromatic heterocycles. The molecule has 0 aliphatic carbocycles. The number of thiophene rings is 1. The average Bonchev–Trinajstić information content (AvgIpc) is 2.98. The number of benzene rings is 2. The Morgan fingerprint density at radius 2 is 1.09 bits per heavy atom. The third-order valence-electron chi connectivity index (χ3n) is 5.20. The lowest BCUT2D eigenvalue weighted by molar-refractivity contribution is 0.242. The van der Waals surface area contributed by atoms with Crippen LogP contribution in [0.4, 0.5) is 0 Å². The molecule has 0 bridgehead atoms. The second kappa shape index (κ2) is 10.5. The van der Waals surface area contributed by atoms with Gasteiger partial charge < -0.3 is 28.4 Å². The van der Waals surface area contributed by atoms with Crippen LogP contribution in [0.2, 0.25) is 0 Å². The highest BCUT2D eigenvalue weighted by molar-refractivity contribution is 7.20. The van der Waals surface area contributed by atoms with Crippen molar-refractivity contribution in [3.63, 3.8) is 0 Å². The third kappa shape index (κ3) is 4.75. The summed E-state index contributed by atoms with van der Waals surface area (Å²) in [5, 5.41) is 0. The van der Waals surface area contributed by atoms with E-state index in [-0.39, 0.29) is 12.2 Å². The zero-order valence-electron chi connectivity index (χ0n) is 20.6. The Morgan fingerprint density at radius 1 is 0.676 bits per heavy atom. The summed E-state index contributed by atoms with van der Waals surface area (Å²) in [5.74, 6) is 4.27. The van der Waals surface area contributed by atoms with Crippen LogP contribution in [0.15, 0.2) is 36.4 Å². The number of fused-ring (bicyclic) bond motifs is 1. The van der Waals surface area contributed by atoms with E-state index in [9.17, 15) is 0 Å². The van der Waals surface area contributed by atoms with Gasteiger partial charge in [-0.25, -0.2) is 0 Å². The molecule has 4 rings (SSSR count). The van der Waals surface area contributed by atoms with Crippen LogP contribution in [0.5, 0.6) is 34.5 Å². The molecule has 0 fully saturated rings. The lowest BCUT2D eigenvalue weighted by Crippen LogP contribution is -2.07. The summed E-state index contributed by atoms with van der Waals surface area (Å²) in [4.78, 5) is 1.78. The van der Waals surface area contributed by atoms with E-state index in [1.165, 1.54) is 0 Å². The van der Waals surface area contributed by atoms with Crippen molar-refractivity contribution >= 4 is 11.3 Å². The van der Waals surface area contributed by atoms with E-state index in [2.05, 4.69) is 0 Å². The van der Waals surface area contributed by atoms with Crippen LogP contribution >= 0.6 is 11.3 Å². The smallest absolute Gasteiger partial charge is 0.180 e. The molecule has 182 valence electrons. The number of rotatable bonds is 8. The molecule has 3 aromatic rings. The topological polar surface area (TPSA) is 55.4 Å². The first kappa shape index (κ1) is 24.1. The number of methoxy groups -OCH3 is 2. The fourth-order valence-electron chi connectivity index (χ4n) is 3.91. The molecule has 0 unspecified atom stereocenters. The van der Waals surface area contributed by atoms with Crippen molar-refractivity contribution in [3.8, 4) is 55.4 Å². The molecule has 2 heterocycles. The first-order chi connectivity index (χ1) is 16.4. The molecule has 7 heteroatoms. The summed E-state index contributed by atoms with van der Waals surface area (Å²) in [5.41, 5.74) is 1.69. The number of hydrogen-bond donors (Lipinski definition) is 0. The van der Waals surface area contributed by atoms with Crippen molar-refractivity contribution in [2.45, 2.75) is 46.3 Å². The van der Waals surface area contributed by atoms with Gasteiger partial charge >= 0.3 is 0 Å². The maximum Gasteiger partial charge on any atom is 0.180 e. The Bertz CT molecular complexity index is 1050. The second-order valence-corrected chi connectivity index (χ2v) is 9.49. The normalized spacial score (nSPS) is 13.1. The van der Waals surface area contributed by atoms with E-state index in [1.807, 2.05) is 64.1 Å². The molecule has 0 saturated heterocycles. The molecule has 0 saturated carbocycles. The second-order valence-electron chi connectivity index (χ2n) is 8.47. The van der Waals surface area contributed by atoms with Crippen LogP contribution in [0.3, 0.4) is 0 Å². The molecular weight excluding hydrogens is 452 g/mol. The van der Waals surface area contributed by atoms with Gasteiger partial charge in [-0.1, -0.05) is 12.1 Å². The first-order valence-electron chi connectivity index (χ1n) is 11.5. The zero-order chi connectivity index (χ0) is 24.2. The quantitative estimate of drug-likeness (QED) is 0.349. The van der Waals surface area contributed by atoms with Gasteiger partial charge in [0.1, 0.15) is 23.0 Å². The Labute approximate surface area is 205 Å². The largest absolute Gasteiger partial charge is 0.496 e. The van der Waals surface area contributed by atoms with Crippen molar-refractivity contribution in [2.24, 2.45) is 0 Å². The highest BCUT2D eigenvalue weighted by Crippen LogP contribution is 2.59. The molecule has 0 spiro atoms. The van der Waals surface area contributed by atoms with E-state index >= 15 is 0 Å². The van der Waals surface area contributed by atoms with Gasteiger partial charge in [0.25, 0.3) is 0 Å². The molecule has 2 aromatic carbocycles. The van der Waals surface area contributed by atoms with Gasteiger partial charge in [-0.2, -0.15) is 0 Å². The Kier molecular flexibility index (Phi) is 7.41. The fourth-order valence-corrected chi connectivity index (χ4v) is 5.21. The van der Waals surface area contributed by atoms with Gasteiger partial charge in [-0.05, 0) is 52.0 Å². The van der Waals surface area contributed by atoms with Crippen molar-refractivity contribution in [3.05, 3.63) is 36.4 Å². The third-order valence-corrected chi connectivity index (χ3v) is 6.39. The first-order valence-corrected chi connectivity index (χ1v) is 12.4. The van der Waals surface area contributed by atoms with Crippen LogP contribution in [-0.4, -0.2) is 39.6 Å². The van der Waals surface area contributed by atoms with Gasteiger partial charge in [0.15, 0.2) is 11.5 Å². The van der Waals surface area contributed by atoms with Crippen molar-refractivity contribution in [2.75, 3.05) is 27.4 Å². The number of hydrogen-bond acceptors (Lipinski definition) is 7. The summed E-state index contributed by atoms with van der Waals surface area (Å²) in [7, 11) is 3.33. The van der Waals surface area contributed by atoms with Crippen LogP contribution in [0.1, 0.15) is 34.1 Å². The van der Waals surface area contributed by atoms with E-state index in [1.54, 1.807) is 25.6 Å². The number of ether oxygens (including phenoxy) is 6. The summed E-state index contributed by atoms with van der Waals surface area (Å²) in [6.45, 7) is 9.16. The summed E-state index contributed by atoms with van der Waals surface area (Å²) in [6.07, 6.45) is 0.795. The van der Waals surface area contributed by atoms with E-state index in [0.717, 1.165) is 38.8 Å². The minimum atomic E-state index is 0.00122. The monoisotopic (exact) mass is 484 g/mol. The molecule has 1 aliphatic heterocycles. The highest BCUT2D eigenvalue weighted by Gasteiger charge is 2.31. The minimum absolute atomic E-state index is 0.00122. The van der Waals surface area contributed by atoms with Gasteiger partial charge in [0.2, 0.25) is 0 Å². The van der Waals surface area contributed by atoms with Crippen LogP contribution < -0.4 is 28.4 Å². The van der Waals surface area contributed by atoms with Gasteiger partial charge in [-0.15, -0.1) is 11.3 Å². The van der Waals surface area contributed by atoms with Crippen molar-refractivity contribution in [1.29, 1.82) is 0 Å². The van der Waals surface area contributed by atoms with Crippen LogP contribution in [0.25, 0.3) is 20.9 Å². The maximum absolute atomic E-state index is 6.28. The Hall–Kier alpha value is -3.06.